The van der Waals surface area contributed by atoms with Gasteiger partial charge in [-0.1, -0.05) is 6.92 Å². The Hall–Kier alpha value is -1.77. The van der Waals surface area contributed by atoms with Gasteiger partial charge in [0, 0.05) is 29.1 Å². The molecule has 0 spiro atoms. The van der Waals surface area contributed by atoms with Crippen LogP contribution in [0.1, 0.15) is 17.3 Å². The van der Waals surface area contributed by atoms with E-state index < -0.39 is 0 Å². The molecule has 1 aromatic heterocycles. The van der Waals surface area contributed by atoms with Gasteiger partial charge in [0.25, 0.3) is 5.91 Å². The molecular weight excluding hydrogens is 409 g/mol. The van der Waals surface area contributed by atoms with E-state index in [2.05, 4.69) is 39.9 Å². The first-order chi connectivity index (χ1) is 11.0. The van der Waals surface area contributed by atoms with E-state index in [1.807, 2.05) is 16.9 Å². The van der Waals surface area contributed by atoms with Crippen molar-refractivity contribution in [1.29, 1.82) is 0 Å². The molecule has 0 aliphatic heterocycles. The average Bonchev–Trinajstić information content (AvgIpc) is 3.05. The lowest BCUT2D eigenvalue weighted by molar-refractivity contribution is 0.0945. The maximum atomic E-state index is 12.4. The Morgan fingerprint density at radius 3 is 2.65 bits per heavy atom. The molecular formula is C16H20IN3O3. The number of hydrogen-bond acceptors (Lipinski definition) is 4. The number of methoxy groups -OCH3 is 2. The molecule has 2 aromatic rings. The Bertz CT molecular complexity index is 659. The van der Waals surface area contributed by atoms with Crippen molar-refractivity contribution >= 4 is 28.5 Å². The molecule has 0 radical (unpaired) electrons. The van der Waals surface area contributed by atoms with Crippen LogP contribution < -0.4 is 14.8 Å². The highest BCUT2D eigenvalue weighted by atomic mass is 127. The second-order valence-corrected chi connectivity index (χ2v) is 6.39. The molecule has 23 heavy (non-hydrogen) atoms. The lowest BCUT2D eigenvalue weighted by Crippen LogP contribution is -2.30. The van der Waals surface area contributed by atoms with Gasteiger partial charge >= 0.3 is 0 Å². The Morgan fingerprint density at radius 2 is 2.04 bits per heavy atom. The predicted molar refractivity (Wildman–Crippen MR) is 96.0 cm³/mol. The third-order valence-corrected chi connectivity index (χ3v) is 4.28. The van der Waals surface area contributed by atoms with Crippen molar-refractivity contribution in [2.75, 3.05) is 20.8 Å². The van der Waals surface area contributed by atoms with Crippen LogP contribution in [0.4, 0.5) is 0 Å². The number of ether oxygens (including phenoxy) is 2. The van der Waals surface area contributed by atoms with Gasteiger partial charge in [-0.05, 0) is 46.7 Å². The maximum absolute atomic E-state index is 12.4. The van der Waals surface area contributed by atoms with Crippen LogP contribution in [0.3, 0.4) is 0 Å². The minimum atomic E-state index is -0.123. The third-order valence-electron chi connectivity index (χ3n) is 3.39. The molecule has 1 unspecified atom stereocenters. The molecule has 1 heterocycles. The predicted octanol–water partition coefficient (Wildman–Crippen LogP) is 2.57. The van der Waals surface area contributed by atoms with E-state index in [0.717, 1.165) is 10.1 Å². The van der Waals surface area contributed by atoms with Crippen LogP contribution in [0.25, 0.3) is 0 Å². The molecule has 0 aliphatic carbocycles. The van der Waals surface area contributed by atoms with Gasteiger partial charge in [-0.25, -0.2) is 0 Å². The van der Waals surface area contributed by atoms with Gasteiger partial charge in [0.05, 0.1) is 19.8 Å². The topological polar surface area (TPSA) is 65.4 Å². The fraction of sp³-hybridized carbons (Fsp3) is 0.375. The van der Waals surface area contributed by atoms with Crippen molar-refractivity contribution in [3.05, 3.63) is 39.7 Å². The Morgan fingerprint density at radius 1 is 1.35 bits per heavy atom. The number of aromatic nitrogens is 2. The van der Waals surface area contributed by atoms with Gasteiger partial charge in [-0.2, -0.15) is 5.10 Å². The quantitative estimate of drug-likeness (QED) is 0.688. The number of amides is 1. The van der Waals surface area contributed by atoms with Crippen molar-refractivity contribution in [3.63, 3.8) is 0 Å². The molecule has 1 amide bonds. The van der Waals surface area contributed by atoms with Gasteiger partial charge in [0.1, 0.15) is 0 Å². The lowest BCUT2D eigenvalue weighted by atomic mass is 10.1. The highest BCUT2D eigenvalue weighted by Crippen LogP contribution is 2.31. The van der Waals surface area contributed by atoms with Crippen LogP contribution in [0.5, 0.6) is 11.5 Å². The molecule has 0 aliphatic rings. The van der Waals surface area contributed by atoms with Crippen molar-refractivity contribution in [1.82, 2.24) is 15.1 Å². The van der Waals surface area contributed by atoms with Gasteiger partial charge < -0.3 is 14.8 Å². The third kappa shape index (κ3) is 4.60. The number of nitrogens with zero attached hydrogens (tertiary/aromatic N) is 2. The van der Waals surface area contributed by atoms with Gasteiger partial charge in [-0.3, -0.25) is 9.48 Å². The minimum absolute atomic E-state index is 0.123. The summed E-state index contributed by atoms with van der Waals surface area (Å²) in [6.45, 7) is 3.40. The van der Waals surface area contributed by atoms with Crippen LogP contribution in [0, 0.1) is 9.49 Å². The summed E-state index contributed by atoms with van der Waals surface area (Å²) < 4.78 is 13.2. The highest BCUT2D eigenvalue weighted by molar-refractivity contribution is 14.1. The molecule has 1 atom stereocenters. The lowest BCUT2D eigenvalue weighted by Gasteiger charge is -2.15. The van der Waals surface area contributed by atoms with Gasteiger partial charge in [0.2, 0.25) is 0 Å². The van der Waals surface area contributed by atoms with E-state index in [4.69, 9.17) is 9.47 Å². The van der Waals surface area contributed by atoms with Gasteiger partial charge in [0.15, 0.2) is 11.5 Å². The molecule has 0 saturated carbocycles. The summed E-state index contributed by atoms with van der Waals surface area (Å²) >= 11 is 2.12. The van der Waals surface area contributed by atoms with E-state index in [1.165, 1.54) is 0 Å². The summed E-state index contributed by atoms with van der Waals surface area (Å²) in [6, 6.07) is 5.38. The molecule has 124 valence electrons. The number of hydrogen-bond donors (Lipinski definition) is 1. The second kappa shape index (κ2) is 8.19. The first-order valence-electron chi connectivity index (χ1n) is 7.22. The first kappa shape index (κ1) is 17.6. The smallest absolute Gasteiger partial charge is 0.252 e. The molecule has 0 fully saturated rings. The van der Waals surface area contributed by atoms with E-state index >= 15 is 0 Å². The minimum Gasteiger partial charge on any atom is -0.493 e. The van der Waals surface area contributed by atoms with Crippen LogP contribution in [0.15, 0.2) is 30.6 Å². The molecule has 2 rings (SSSR count). The highest BCUT2D eigenvalue weighted by Gasteiger charge is 2.16. The monoisotopic (exact) mass is 429 g/mol. The van der Waals surface area contributed by atoms with Crippen LogP contribution in [-0.4, -0.2) is 36.5 Å². The summed E-state index contributed by atoms with van der Waals surface area (Å²) in [7, 11) is 3.13. The molecule has 0 saturated heterocycles. The standard InChI is InChI=1S/C16H20IN3O3/c1-11(10-20-6-4-5-19-20)9-18-16(21)12-7-14(22-2)15(23-3)8-13(12)17/h4-8,11H,9-10H2,1-3H3,(H,18,21). The molecule has 6 nitrogen and oxygen atoms in total. The zero-order valence-electron chi connectivity index (χ0n) is 13.4. The van der Waals surface area contributed by atoms with E-state index in [-0.39, 0.29) is 11.8 Å². The average molecular weight is 429 g/mol. The Balaban J connectivity index is 2.00. The summed E-state index contributed by atoms with van der Waals surface area (Å²) in [4.78, 5) is 12.4. The van der Waals surface area contributed by atoms with Crippen LogP contribution >= 0.6 is 22.6 Å². The first-order valence-corrected chi connectivity index (χ1v) is 8.30. The van der Waals surface area contributed by atoms with E-state index in [0.29, 0.717) is 23.6 Å². The van der Waals surface area contributed by atoms with E-state index in [9.17, 15) is 4.79 Å². The molecule has 1 aromatic carbocycles. The molecule has 0 bridgehead atoms. The summed E-state index contributed by atoms with van der Waals surface area (Å²) in [5.41, 5.74) is 0.578. The fourth-order valence-corrected chi connectivity index (χ4v) is 2.87. The number of rotatable bonds is 7. The van der Waals surface area contributed by atoms with Crippen molar-refractivity contribution in [3.8, 4) is 11.5 Å². The Kier molecular flexibility index (Phi) is 6.26. The van der Waals surface area contributed by atoms with Crippen LogP contribution in [0.2, 0.25) is 0 Å². The maximum Gasteiger partial charge on any atom is 0.252 e. The summed E-state index contributed by atoms with van der Waals surface area (Å²) in [6.07, 6.45) is 3.66. The normalized spacial score (nSPS) is 11.8. The SMILES string of the molecule is COc1cc(I)c(C(=O)NCC(C)Cn2cccn2)cc1OC. The fourth-order valence-electron chi connectivity index (χ4n) is 2.18. The molecule has 7 heteroatoms. The van der Waals surface area contributed by atoms with Gasteiger partial charge in [-0.15, -0.1) is 0 Å². The number of carbonyl (C=O) groups excluding carboxylic acids is 1. The number of nitrogens with one attached hydrogen (secondary N) is 1. The Labute approximate surface area is 149 Å². The number of benzene rings is 1. The zero-order chi connectivity index (χ0) is 16.8. The van der Waals surface area contributed by atoms with Crippen molar-refractivity contribution < 1.29 is 14.3 Å². The second-order valence-electron chi connectivity index (χ2n) is 5.23. The zero-order valence-corrected chi connectivity index (χ0v) is 15.5. The summed E-state index contributed by atoms with van der Waals surface area (Å²) in [5.74, 6) is 1.31. The van der Waals surface area contributed by atoms with Crippen molar-refractivity contribution in [2.24, 2.45) is 5.92 Å². The van der Waals surface area contributed by atoms with Crippen LogP contribution in [-0.2, 0) is 6.54 Å². The largest absolute Gasteiger partial charge is 0.493 e. The summed E-state index contributed by atoms with van der Waals surface area (Å²) in [5, 5.41) is 7.13. The number of carbonyl (C=O) groups is 1. The van der Waals surface area contributed by atoms with E-state index in [1.54, 1.807) is 32.5 Å². The van der Waals surface area contributed by atoms with Crippen molar-refractivity contribution in [2.45, 2.75) is 13.5 Å². The number of halogens is 1. The molecule has 1 N–H and O–H groups in total.